The summed E-state index contributed by atoms with van der Waals surface area (Å²) in [4.78, 5) is 0. The van der Waals surface area contributed by atoms with Crippen molar-refractivity contribution in [2.24, 2.45) is 0 Å². The molecule has 1 atom stereocenters. The molecule has 0 fully saturated rings. The molecule has 0 spiro atoms. The second-order valence-electron chi connectivity index (χ2n) is 5.29. The van der Waals surface area contributed by atoms with Crippen molar-refractivity contribution >= 4 is 28.9 Å². The summed E-state index contributed by atoms with van der Waals surface area (Å²) in [6, 6.07) is 13.7. The van der Waals surface area contributed by atoms with Crippen LogP contribution in [0.4, 0.5) is 0 Å². The zero-order valence-corrected chi connectivity index (χ0v) is 14.2. The number of ether oxygens (including phenoxy) is 2. The molecule has 23 heavy (non-hydrogen) atoms. The second kappa shape index (κ2) is 7.06. The van der Waals surface area contributed by atoms with E-state index in [1.54, 1.807) is 0 Å². The standard InChI is InChI=1S/C17H17ClN2O2S/c1-11(13-3-2-4-14(18)8-13)20-17(23)19-9-12-5-6-15-16(7-12)22-10-21-15/h2-8,11H,9-10H2,1H3,(H2,19,20,23)/t11-/m0/s1. The minimum atomic E-state index is 0.0745. The van der Waals surface area contributed by atoms with E-state index in [4.69, 9.17) is 33.3 Å². The van der Waals surface area contributed by atoms with Crippen molar-refractivity contribution in [1.82, 2.24) is 10.6 Å². The van der Waals surface area contributed by atoms with Gasteiger partial charge in [0.25, 0.3) is 0 Å². The van der Waals surface area contributed by atoms with Crippen LogP contribution in [0, 0.1) is 0 Å². The Labute approximate surface area is 145 Å². The largest absolute Gasteiger partial charge is 0.454 e. The molecule has 0 amide bonds. The SMILES string of the molecule is C[C@H](NC(=S)NCc1ccc2c(c1)OCO2)c1cccc(Cl)c1. The normalized spacial score (nSPS) is 13.5. The van der Waals surface area contributed by atoms with Crippen molar-refractivity contribution in [3.63, 3.8) is 0 Å². The predicted octanol–water partition coefficient (Wildman–Crippen LogP) is 3.79. The Kier molecular flexibility index (Phi) is 4.88. The van der Waals surface area contributed by atoms with Crippen molar-refractivity contribution in [1.29, 1.82) is 0 Å². The summed E-state index contributed by atoms with van der Waals surface area (Å²) in [6.45, 7) is 2.94. The fraction of sp³-hybridized carbons (Fsp3) is 0.235. The first kappa shape index (κ1) is 15.9. The van der Waals surface area contributed by atoms with Crippen LogP contribution in [0.2, 0.25) is 5.02 Å². The molecule has 1 heterocycles. The third kappa shape index (κ3) is 4.06. The second-order valence-corrected chi connectivity index (χ2v) is 6.14. The van der Waals surface area contributed by atoms with Gasteiger partial charge in [-0.2, -0.15) is 0 Å². The Morgan fingerprint density at radius 2 is 2.04 bits per heavy atom. The van der Waals surface area contributed by atoms with Crippen LogP contribution < -0.4 is 20.1 Å². The van der Waals surface area contributed by atoms with Crippen molar-refractivity contribution in [3.8, 4) is 11.5 Å². The van der Waals surface area contributed by atoms with E-state index in [1.807, 2.05) is 49.4 Å². The average molecular weight is 349 g/mol. The molecule has 1 aliphatic rings. The maximum atomic E-state index is 6.01. The summed E-state index contributed by atoms with van der Waals surface area (Å²) in [5, 5.41) is 7.76. The van der Waals surface area contributed by atoms with E-state index in [0.717, 1.165) is 27.6 Å². The van der Waals surface area contributed by atoms with Gasteiger partial charge in [-0.05, 0) is 54.5 Å². The van der Waals surface area contributed by atoms with E-state index < -0.39 is 0 Å². The molecular formula is C17H17ClN2O2S. The van der Waals surface area contributed by atoms with Gasteiger partial charge in [-0.25, -0.2) is 0 Å². The molecule has 0 aromatic heterocycles. The van der Waals surface area contributed by atoms with Crippen LogP contribution in [0.1, 0.15) is 24.1 Å². The lowest BCUT2D eigenvalue weighted by molar-refractivity contribution is 0.174. The molecule has 6 heteroatoms. The number of thiocarbonyl (C=S) groups is 1. The molecule has 0 aliphatic carbocycles. The van der Waals surface area contributed by atoms with E-state index in [1.165, 1.54) is 0 Å². The lowest BCUT2D eigenvalue weighted by Crippen LogP contribution is -2.36. The number of nitrogens with one attached hydrogen (secondary N) is 2. The van der Waals surface area contributed by atoms with Gasteiger partial charge in [0.2, 0.25) is 6.79 Å². The maximum Gasteiger partial charge on any atom is 0.231 e. The Hall–Kier alpha value is -1.98. The number of hydrogen-bond donors (Lipinski definition) is 2. The Morgan fingerprint density at radius 3 is 2.87 bits per heavy atom. The van der Waals surface area contributed by atoms with Crippen LogP contribution in [0.15, 0.2) is 42.5 Å². The molecule has 0 radical (unpaired) electrons. The van der Waals surface area contributed by atoms with E-state index >= 15 is 0 Å². The summed E-state index contributed by atoms with van der Waals surface area (Å²) in [5.74, 6) is 1.56. The topological polar surface area (TPSA) is 42.5 Å². The summed E-state index contributed by atoms with van der Waals surface area (Å²) in [5.41, 5.74) is 2.17. The first-order chi connectivity index (χ1) is 11.1. The highest BCUT2D eigenvalue weighted by atomic mass is 35.5. The molecule has 120 valence electrons. The van der Waals surface area contributed by atoms with Gasteiger partial charge in [0, 0.05) is 11.6 Å². The van der Waals surface area contributed by atoms with Gasteiger partial charge >= 0.3 is 0 Å². The van der Waals surface area contributed by atoms with Gasteiger partial charge in [-0.15, -0.1) is 0 Å². The van der Waals surface area contributed by atoms with Crippen molar-refractivity contribution in [2.45, 2.75) is 19.5 Å². The molecule has 0 saturated heterocycles. The van der Waals surface area contributed by atoms with Crippen LogP contribution in [-0.4, -0.2) is 11.9 Å². The molecule has 3 rings (SSSR count). The molecule has 2 aromatic carbocycles. The highest BCUT2D eigenvalue weighted by Gasteiger charge is 2.13. The number of hydrogen-bond acceptors (Lipinski definition) is 3. The molecule has 2 aromatic rings. The number of halogens is 1. The Balaban J connectivity index is 1.53. The number of fused-ring (bicyclic) bond motifs is 1. The third-order valence-corrected chi connectivity index (χ3v) is 4.08. The van der Waals surface area contributed by atoms with E-state index in [2.05, 4.69) is 10.6 Å². The third-order valence-electron chi connectivity index (χ3n) is 3.59. The van der Waals surface area contributed by atoms with Crippen LogP contribution in [0.3, 0.4) is 0 Å². The Bertz CT molecular complexity index is 723. The smallest absolute Gasteiger partial charge is 0.231 e. The van der Waals surface area contributed by atoms with Crippen LogP contribution in [-0.2, 0) is 6.54 Å². The summed E-state index contributed by atoms with van der Waals surface area (Å²) in [7, 11) is 0. The molecule has 0 bridgehead atoms. The zero-order valence-electron chi connectivity index (χ0n) is 12.6. The van der Waals surface area contributed by atoms with Gasteiger partial charge in [0.15, 0.2) is 16.6 Å². The summed E-state index contributed by atoms with van der Waals surface area (Å²) >= 11 is 11.4. The van der Waals surface area contributed by atoms with Gasteiger partial charge < -0.3 is 20.1 Å². The molecule has 0 saturated carbocycles. The Morgan fingerprint density at radius 1 is 1.22 bits per heavy atom. The highest BCUT2D eigenvalue weighted by Crippen LogP contribution is 2.32. The lowest BCUT2D eigenvalue weighted by atomic mass is 10.1. The van der Waals surface area contributed by atoms with Crippen LogP contribution >= 0.6 is 23.8 Å². The molecular weight excluding hydrogens is 332 g/mol. The zero-order chi connectivity index (χ0) is 16.2. The molecule has 4 nitrogen and oxygen atoms in total. The maximum absolute atomic E-state index is 6.01. The van der Waals surface area contributed by atoms with Crippen LogP contribution in [0.5, 0.6) is 11.5 Å². The first-order valence-corrected chi connectivity index (χ1v) is 8.09. The van der Waals surface area contributed by atoms with Gasteiger partial charge in [0.1, 0.15) is 0 Å². The van der Waals surface area contributed by atoms with Gasteiger partial charge in [-0.3, -0.25) is 0 Å². The fourth-order valence-electron chi connectivity index (χ4n) is 2.34. The average Bonchev–Trinajstić information content (AvgIpc) is 3.00. The predicted molar refractivity (Wildman–Crippen MR) is 95.0 cm³/mol. The van der Waals surface area contributed by atoms with Crippen molar-refractivity contribution in [2.75, 3.05) is 6.79 Å². The van der Waals surface area contributed by atoms with Crippen LogP contribution in [0.25, 0.3) is 0 Å². The van der Waals surface area contributed by atoms with Crippen molar-refractivity contribution < 1.29 is 9.47 Å². The van der Waals surface area contributed by atoms with E-state index in [0.29, 0.717) is 11.7 Å². The lowest BCUT2D eigenvalue weighted by Gasteiger charge is -2.17. The highest BCUT2D eigenvalue weighted by molar-refractivity contribution is 7.80. The van der Waals surface area contributed by atoms with E-state index in [-0.39, 0.29) is 12.8 Å². The van der Waals surface area contributed by atoms with E-state index in [9.17, 15) is 0 Å². The fourth-order valence-corrected chi connectivity index (χ4v) is 2.79. The van der Waals surface area contributed by atoms with Gasteiger partial charge in [-0.1, -0.05) is 29.8 Å². The minimum absolute atomic E-state index is 0.0745. The first-order valence-electron chi connectivity index (χ1n) is 7.30. The van der Waals surface area contributed by atoms with Gasteiger partial charge in [0.05, 0.1) is 6.04 Å². The molecule has 2 N–H and O–H groups in total. The molecule has 0 unspecified atom stereocenters. The number of benzene rings is 2. The minimum Gasteiger partial charge on any atom is -0.454 e. The monoisotopic (exact) mass is 348 g/mol. The summed E-state index contributed by atoms with van der Waals surface area (Å²) in [6.07, 6.45) is 0. The summed E-state index contributed by atoms with van der Waals surface area (Å²) < 4.78 is 10.7. The molecule has 1 aliphatic heterocycles. The van der Waals surface area contributed by atoms with Crippen molar-refractivity contribution in [3.05, 3.63) is 58.6 Å². The number of rotatable bonds is 4. The quantitative estimate of drug-likeness (QED) is 0.823.